The molecule has 0 radical (unpaired) electrons. The van der Waals surface area contributed by atoms with Gasteiger partial charge in [-0.3, -0.25) is 0 Å². The average molecular weight is 636 g/mol. The van der Waals surface area contributed by atoms with Gasteiger partial charge in [-0.25, -0.2) is 0 Å². The zero-order chi connectivity index (χ0) is 15.7. The molecule has 8 heteroatoms. The lowest BCUT2D eigenvalue weighted by Gasteiger charge is -2.21. The third kappa shape index (κ3) is 23.8. The lowest BCUT2D eigenvalue weighted by Crippen LogP contribution is -2.28. The van der Waals surface area contributed by atoms with Crippen molar-refractivity contribution in [1.82, 2.24) is 21.3 Å². The summed E-state index contributed by atoms with van der Waals surface area (Å²) in [5.41, 5.74) is 0. The molecular formula is C18H44Br4N4. The molecule has 0 aromatic rings. The highest BCUT2D eigenvalue weighted by atomic mass is 79.9. The summed E-state index contributed by atoms with van der Waals surface area (Å²) in [5, 5.41) is 14.0. The Morgan fingerprint density at radius 3 is 1.46 bits per heavy atom. The molecule has 4 N–H and O–H groups in total. The van der Waals surface area contributed by atoms with Crippen molar-refractivity contribution in [2.45, 2.75) is 58.3 Å². The van der Waals surface area contributed by atoms with Crippen molar-refractivity contribution in [3.05, 3.63) is 0 Å². The summed E-state index contributed by atoms with van der Waals surface area (Å²) in [7, 11) is 0. The van der Waals surface area contributed by atoms with E-state index in [2.05, 4.69) is 28.2 Å². The van der Waals surface area contributed by atoms with E-state index < -0.39 is 0 Å². The molecule has 0 amide bonds. The van der Waals surface area contributed by atoms with Crippen LogP contribution in [0.1, 0.15) is 58.3 Å². The lowest BCUT2D eigenvalue weighted by molar-refractivity contribution is 0.342. The molecule has 1 aliphatic carbocycles. The van der Waals surface area contributed by atoms with Gasteiger partial charge in [0.05, 0.1) is 0 Å². The van der Waals surface area contributed by atoms with Crippen LogP contribution in [0, 0.1) is 5.92 Å². The van der Waals surface area contributed by atoms with Crippen LogP contribution in [0.25, 0.3) is 0 Å². The lowest BCUT2D eigenvalue weighted by atomic mass is 9.89. The average Bonchev–Trinajstić information content (AvgIpc) is 2.56. The Morgan fingerprint density at radius 1 is 0.577 bits per heavy atom. The fourth-order valence-electron chi connectivity index (χ4n) is 3.14. The van der Waals surface area contributed by atoms with E-state index in [9.17, 15) is 0 Å². The zero-order valence-corrected chi connectivity index (χ0v) is 23.4. The zero-order valence-electron chi connectivity index (χ0n) is 16.5. The molecule has 0 heterocycles. The van der Waals surface area contributed by atoms with Crippen LogP contribution in [0.2, 0.25) is 0 Å². The molecule has 0 bridgehead atoms. The van der Waals surface area contributed by atoms with Crippen LogP contribution >= 0.6 is 67.9 Å². The Hall–Kier alpha value is 1.76. The maximum atomic E-state index is 3.63. The molecule has 0 aromatic carbocycles. The van der Waals surface area contributed by atoms with Crippen molar-refractivity contribution in [3.63, 3.8) is 0 Å². The largest absolute Gasteiger partial charge is 0.317 e. The first kappa shape index (κ1) is 35.2. The van der Waals surface area contributed by atoms with Crippen molar-refractivity contribution in [3.8, 4) is 0 Å². The minimum absolute atomic E-state index is 0. The first-order valence-corrected chi connectivity index (χ1v) is 9.76. The predicted octanol–water partition coefficient (Wildman–Crippen LogP) is 4.43. The molecule has 0 unspecified atom stereocenters. The molecule has 0 aromatic heterocycles. The van der Waals surface area contributed by atoms with E-state index >= 15 is 0 Å². The highest BCUT2D eigenvalue weighted by Crippen LogP contribution is 2.22. The highest BCUT2D eigenvalue weighted by Gasteiger charge is 2.11. The van der Waals surface area contributed by atoms with Crippen LogP contribution in [0.4, 0.5) is 0 Å². The van der Waals surface area contributed by atoms with Crippen LogP contribution in [0.15, 0.2) is 0 Å². The van der Waals surface area contributed by atoms with Crippen LogP contribution in [-0.4, -0.2) is 52.4 Å². The van der Waals surface area contributed by atoms with Crippen molar-refractivity contribution < 1.29 is 0 Å². The SMILES string of the molecule is Br.Br.Br.Br.CCNCCCNCCCNCCCNCC1CCCCC1. The van der Waals surface area contributed by atoms with E-state index in [-0.39, 0.29) is 67.9 Å². The normalized spacial score (nSPS) is 13.7. The van der Waals surface area contributed by atoms with Crippen LogP contribution in [0.3, 0.4) is 0 Å². The number of nitrogens with one attached hydrogen (secondary N) is 4. The van der Waals surface area contributed by atoms with Gasteiger partial charge in [0, 0.05) is 0 Å². The van der Waals surface area contributed by atoms with Gasteiger partial charge in [-0.05, 0) is 90.4 Å². The molecule has 164 valence electrons. The van der Waals surface area contributed by atoms with Crippen molar-refractivity contribution >= 4 is 67.9 Å². The molecule has 4 nitrogen and oxygen atoms in total. The van der Waals surface area contributed by atoms with Gasteiger partial charge in [0.1, 0.15) is 0 Å². The second-order valence-corrected chi connectivity index (χ2v) is 6.62. The molecule has 0 atom stereocenters. The summed E-state index contributed by atoms with van der Waals surface area (Å²) in [6.07, 6.45) is 11.0. The van der Waals surface area contributed by atoms with Gasteiger partial charge in [-0.2, -0.15) is 0 Å². The number of rotatable bonds is 15. The predicted molar refractivity (Wildman–Crippen MR) is 139 cm³/mol. The van der Waals surface area contributed by atoms with Crippen LogP contribution in [-0.2, 0) is 0 Å². The van der Waals surface area contributed by atoms with Crippen LogP contribution in [0.5, 0.6) is 0 Å². The summed E-state index contributed by atoms with van der Waals surface area (Å²) in [6.45, 7) is 11.4. The van der Waals surface area contributed by atoms with Gasteiger partial charge >= 0.3 is 0 Å². The molecule has 1 fully saturated rings. The minimum atomic E-state index is 0. The topological polar surface area (TPSA) is 48.1 Å². The monoisotopic (exact) mass is 632 g/mol. The molecule has 1 rings (SSSR count). The Bertz CT molecular complexity index is 233. The summed E-state index contributed by atoms with van der Waals surface area (Å²) in [6, 6.07) is 0. The second-order valence-electron chi connectivity index (χ2n) is 6.62. The fourth-order valence-corrected chi connectivity index (χ4v) is 3.14. The first-order chi connectivity index (χ1) is 10.9. The van der Waals surface area contributed by atoms with E-state index in [0.717, 1.165) is 45.2 Å². The van der Waals surface area contributed by atoms with Crippen LogP contribution < -0.4 is 21.3 Å². The molecule has 26 heavy (non-hydrogen) atoms. The molecule has 0 spiro atoms. The Labute approximate surface area is 204 Å². The third-order valence-electron chi connectivity index (χ3n) is 4.53. The van der Waals surface area contributed by atoms with Gasteiger partial charge < -0.3 is 21.3 Å². The van der Waals surface area contributed by atoms with Gasteiger partial charge in [0.2, 0.25) is 0 Å². The van der Waals surface area contributed by atoms with E-state index in [0.29, 0.717) is 0 Å². The Morgan fingerprint density at radius 2 is 1.00 bits per heavy atom. The van der Waals surface area contributed by atoms with Crippen molar-refractivity contribution in [2.24, 2.45) is 5.92 Å². The molecule has 0 saturated heterocycles. The van der Waals surface area contributed by atoms with Gasteiger partial charge in [0.15, 0.2) is 0 Å². The number of hydrogen-bond acceptors (Lipinski definition) is 4. The van der Waals surface area contributed by atoms with Gasteiger partial charge in [-0.15, -0.1) is 67.9 Å². The maximum absolute atomic E-state index is 3.63. The molecule has 0 aliphatic heterocycles. The fraction of sp³-hybridized carbons (Fsp3) is 1.00. The summed E-state index contributed by atoms with van der Waals surface area (Å²) < 4.78 is 0. The number of halogens is 4. The van der Waals surface area contributed by atoms with E-state index in [1.54, 1.807) is 0 Å². The van der Waals surface area contributed by atoms with Gasteiger partial charge in [-0.1, -0.05) is 26.2 Å². The van der Waals surface area contributed by atoms with Crippen molar-refractivity contribution in [2.75, 3.05) is 52.4 Å². The quantitative estimate of drug-likeness (QED) is 0.201. The standard InChI is InChI=1S/C18H40N4.4BrH/c1-2-19-11-6-12-20-13-7-14-21-15-8-16-22-17-18-9-4-3-5-10-18;;;;/h18-22H,2-17H2,1H3;4*1H. The highest BCUT2D eigenvalue weighted by molar-refractivity contribution is 8.93. The van der Waals surface area contributed by atoms with E-state index in [1.807, 2.05) is 0 Å². The summed E-state index contributed by atoms with van der Waals surface area (Å²) in [5.74, 6) is 0.959. The van der Waals surface area contributed by atoms with E-state index in [1.165, 1.54) is 64.5 Å². The second kappa shape index (κ2) is 29.0. The summed E-state index contributed by atoms with van der Waals surface area (Å²) in [4.78, 5) is 0. The smallest absolute Gasteiger partial charge is 0.00205 e. The van der Waals surface area contributed by atoms with Gasteiger partial charge in [0.25, 0.3) is 0 Å². The molecule has 1 aliphatic rings. The Balaban J connectivity index is -0.000000605. The maximum Gasteiger partial charge on any atom is -0.00205 e. The van der Waals surface area contributed by atoms with E-state index in [4.69, 9.17) is 0 Å². The first-order valence-electron chi connectivity index (χ1n) is 9.76. The molecule has 1 saturated carbocycles. The minimum Gasteiger partial charge on any atom is -0.317 e. The number of hydrogen-bond donors (Lipinski definition) is 4. The Kier molecular flexibility index (Phi) is 39.2. The van der Waals surface area contributed by atoms with Crippen molar-refractivity contribution in [1.29, 1.82) is 0 Å². The summed E-state index contributed by atoms with van der Waals surface area (Å²) >= 11 is 0. The third-order valence-corrected chi connectivity index (χ3v) is 4.53. The molecular weight excluding hydrogens is 592 g/mol.